The van der Waals surface area contributed by atoms with Gasteiger partial charge in [-0.15, -0.1) is 11.3 Å². The summed E-state index contributed by atoms with van der Waals surface area (Å²) in [5, 5.41) is 13.9. The maximum absolute atomic E-state index is 12.0. The van der Waals surface area contributed by atoms with Crippen LogP contribution in [0.1, 0.15) is 21.6 Å². The Labute approximate surface area is 108 Å². The van der Waals surface area contributed by atoms with Crippen molar-refractivity contribution in [3.05, 3.63) is 46.6 Å². The van der Waals surface area contributed by atoms with Crippen LogP contribution < -0.4 is 11.1 Å². The molecule has 0 saturated carbocycles. The van der Waals surface area contributed by atoms with Crippen LogP contribution >= 0.6 is 11.3 Å². The largest absolute Gasteiger partial charge is 0.325 e. The number of nitrogens with two attached hydrogens (primary N) is 1. The van der Waals surface area contributed by atoms with Gasteiger partial charge in [0.05, 0.1) is 11.3 Å². The highest BCUT2D eigenvalue weighted by atomic mass is 32.1. The summed E-state index contributed by atoms with van der Waals surface area (Å²) in [5.41, 5.74) is 7.05. The zero-order chi connectivity index (χ0) is 13.0. The zero-order valence-electron chi connectivity index (χ0n) is 9.38. The van der Waals surface area contributed by atoms with Crippen LogP contribution in [0.5, 0.6) is 0 Å². The average molecular weight is 258 g/mol. The number of nitriles is 1. The number of amides is 1. The molecule has 0 unspecified atom stereocenters. The number of nitrogens with zero attached hydrogens (tertiary/aromatic N) is 2. The van der Waals surface area contributed by atoms with Gasteiger partial charge in [0, 0.05) is 18.3 Å². The smallest absolute Gasteiger partial charge is 0.256 e. The fourth-order valence-corrected chi connectivity index (χ4v) is 2.13. The van der Waals surface area contributed by atoms with Crippen molar-refractivity contribution in [3.63, 3.8) is 0 Å². The van der Waals surface area contributed by atoms with Crippen LogP contribution in [0.4, 0.5) is 5.00 Å². The van der Waals surface area contributed by atoms with Crippen LogP contribution in [-0.2, 0) is 6.54 Å². The second-order valence-electron chi connectivity index (χ2n) is 3.47. The van der Waals surface area contributed by atoms with E-state index in [4.69, 9.17) is 11.0 Å². The van der Waals surface area contributed by atoms with Crippen molar-refractivity contribution in [2.24, 2.45) is 5.73 Å². The molecule has 90 valence electrons. The SMILES string of the molecule is N#Cc1ccsc1NC(=O)c1ccnc(CN)c1. The van der Waals surface area contributed by atoms with E-state index in [-0.39, 0.29) is 12.5 Å². The summed E-state index contributed by atoms with van der Waals surface area (Å²) in [6.07, 6.45) is 1.54. The van der Waals surface area contributed by atoms with Gasteiger partial charge in [-0.2, -0.15) is 5.26 Å². The molecule has 0 saturated heterocycles. The van der Waals surface area contributed by atoms with E-state index >= 15 is 0 Å². The van der Waals surface area contributed by atoms with Crippen molar-refractivity contribution in [1.82, 2.24) is 4.98 Å². The Morgan fingerprint density at radius 3 is 3.11 bits per heavy atom. The molecule has 6 heteroatoms. The minimum absolute atomic E-state index is 0.272. The summed E-state index contributed by atoms with van der Waals surface area (Å²) in [5.74, 6) is -0.272. The monoisotopic (exact) mass is 258 g/mol. The third-order valence-corrected chi connectivity index (χ3v) is 3.13. The van der Waals surface area contributed by atoms with E-state index in [1.54, 1.807) is 23.6 Å². The maximum atomic E-state index is 12.0. The van der Waals surface area contributed by atoms with Crippen LogP contribution in [0.25, 0.3) is 0 Å². The normalized spacial score (nSPS) is 9.78. The van der Waals surface area contributed by atoms with Crippen LogP contribution in [0.3, 0.4) is 0 Å². The molecular formula is C12H10N4OS. The van der Waals surface area contributed by atoms with E-state index in [2.05, 4.69) is 10.3 Å². The fraction of sp³-hybridized carbons (Fsp3) is 0.0833. The molecule has 2 heterocycles. The number of rotatable bonds is 3. The molecule has 2 rings (SSSR count). The molecular weight excluding hydrogens is 248 g/mol. The number of hydrogen-bond donors (Lipinski definition) is 2. The Morgan fingerprint density at radius 2 is 2.39 bits per heavy atom. The molecule has 0 radical (unpaired) electrons. The van der Waals surface area contributed by atoms with Crippen molar-refractivity contribution >= 4 is 22.2 Å². The lowest BCUT2D eigenvalue weighted by atomic mass is 10.2. The van der Waals surface area contributed by atoms with Crippen molar-refractivity contribution in [2.45, 2.75) is 6.54 Å². The number of carbonyl (C=O) groups is 1. The predicted octanol–water partition coefficient (Wildman–Crippen LogP) is 1.73. The van der Waals surface area contributed by atoms with Crippen molar-refractivity contribution < 1.29 is 4.79 Å². The van der Waals surface area contributed by atoms with Gasteiger partial charge >= 0.3 is 0 Å². The highest BCUT2D eigenvalue weighted by Gasteiger charge is 2.10. The molecule has 0 spiro atoms. The molecule has 18 heavy (non-hydrogen) atoms. The van der Waals surface area contributed by atoms with E-state index in [0.29, 0.717) is 21.8 Å². The maximum Gasteiger partial charge on any atom is 0.256 e. The van der Waals surface area contributed by atoms with Gasteiger partial charge < -0.3 is 11.1 Å². The molecule has 2 aromatic heterocycles. The molecule has 1 amide bonds. The van der Waals surface area contributed by atoms with Crippen molar-refractivity contribution in [2.75, 3.05) is 5.32 Å². The first-order valence-corrected chi connectivity index (χ1v) is 6.06. The summed E-state index contributed by atoms with van der Waals surface area (Å²) in [7, 11) is 0. The van der Waals surface area contributed by atoms with E-state index < -0.39 is 0 Å². The second-order valence-corrected chi connectivity index (χ2v) is 4.39. The van der Waals surface area contributed by atoms with E-state index in [0.717, 1.165) is 0 Å². The molecule has 0 aliphatic heterocycles. The lowest BCUT2D eigenvalue weighted by Crippen LogP contribution is -2.13. The van der Waals surface area contributed by atoms with E-state index in [9.17, 15) is 4.79 Å². The molecule has 5 nitrogen and oxygen atoms in total. The van der Waals surface area contributed by atoms with Crippen molar-refractivity contribution in [1.29, 1.82) is 5.26 Å². The first-order chi connectivity index (χ1) is 8.74. The van der Waals surface area contributed by atoms with Crippen LogP contribution in [0.15, 0.2) is 29.8 Å². The zero-order valence-corrected chi connectivity index (χ0v) is 10.2. The van der Waals surface area contributed by atoms with Gasteiger partial charge in [-0.3, -0.25) is 9.78 Å². The number of nitrogens with one attached hydrogen (secondary N) is 1. The minimum atomic E-state index is -0.272. The van der Waals surface area contributed by atoms with Gasteiger partial charge in [0.2, 0.25) is 0 Å². The average Bonchev–Trinajstić information content (AvgIpc) is 2.86. The first-order valence-electron chi connectivity index (χ1n) is 5.18. The Balaban J connectivity index is 2.20. The number of thiophene rings is 1. The Hall–Kier alpha value is -2.23. The molecule has 3 N–H and O–H groups in total. The molecule has 0 fully saturated rings. The van der Waals surface area contributed by atoms with Gasteiger partial charge in [-0.05, 0) is 23.6 Å². The highest BCUT2D eigenvalue weighted by Crippen LogP contribution is 2.22. The number of carbonyl (C=O) groups excluding carboxylic acids is 1. The first kappa shape index (κ1) is 12.2. The van der Waals surface area contributed by atoms with E-state index in [1.807, 2.05) is 6.07 Å². The van der Waals surface area contributed by atoms with Gasteiger partial charge in [0.1, 0.15) is 11.1 Å². The number of aromatic nitrogens is 1. The summed E-state index contributed by atoms with van der Waals surface area (Å²) >= 11 is 1.31. The summed E-state index contributed by atoms with van der Waals surface area (Å²) in [4.78, 5) is 16.0. The molecule has 0 bridgehead atoms. The third-order valence-electron chi connectivity index (χ3n) is 2.30. The molecule has 0 atom stereocenters. The van der Waals surface area contributed by atoms with E-state index in [1.165, 1.54) is 17.5 Å². The van der Waals surface area contributed by atoms with Crippen LogP contribution in [0.2, 0.25) is 0 Å². The lowest BCUT2D eigenvalue weighted by molar-refractivity contribution is 0.102. The molecule has 0 aliphatic carbocycles. The third kappa shape index (κ3) is 2.53. The molecule has 0 aromatic carbocycles. The van der Waals surface area contributed by atoms with Gasteiger partial charge in [-0.1, -0.05) is 0 Å². The second kappa shape index (κ2) is 5.40. The Morgan fingerprint density at radius 1 is 1.56 bits per heavy atom. The summed E-state index contributed by atoms with van der Waals surface area (Å²) in [6, 6.07) is 6.92. The topological polar surface area (TPSA) is 91.8 Å². The van der Waals surface area contributed by atoms with Gasteiger partial charge in [-0.25, -0.2) is 0 Å². The molecule has 0 aliphatic rings. The summed E-state index contributed by atoms with van der Waals surface area (Å²) < 4.78 is 0. The summed E-state index contributed by atoms with van der Waals surface area (Å²) in [6.45, 7) is 0.281. The number of anilines is 1. The lowest BCUT2D eigenvalue weighted by Gasteiger charge is -2.04. The predicted molar refractivity (Wildman–Crippen MR) is 69.1 cm³/mol. The quantitative estimate of drug-likeness (QED) is 0.876. The number of pyridine rings is 1. The standard InChI is InChI=1S/C12H10N4OS/c13-6-9-2-4-18-12(9)16-11(17)8-1-3-15-10(5-8)7-14/h1-5H,7,14H2,(H,16,17). The number of hydrogen-bond acceptors (Lipinski definition) is 5. The molecule has 2 aromatic rings. The van der Waals surface area contributed by atoms with Gasteiger partial charge in [0.25, 0.3) is 5.91 Å². The fourth-order valence-electron chi connectivity index (χ4n) is 1.40. The van der Waals surface area contributed by atoms with Crippen LogP contribution in [0, 0.1) is 11.3 Å². The Bertz CT molecular complexity index is 615. The highest BCUT2D eigenvalue weighted by molar-refractivity contribution is 7.14. The van der Waals surface area contributed by atoms with Crippen LogP contribution in [-0.4, -0.2) is 10.9 Å². The van der Waals surface area contributed by atoms with Gasteiger partial charge in [0.15, 0.2) is 0 Å². The van der Waals surface area contributed by atoms with Crippen molar-refractivity contribution in [3.8, 4) is 6.07 Å². The minimum Gasteiger partial charge on any atom is -0.325 e. The Kier molecular flexibility index (Phi) is 3.67.